The van der Waals surface area contributed by atoms with Crippen molar-refractivity contribution in [1.29, 1.82) is 0 Å². The zero-order chi connectivity index (χ0) is 15.2. The number of hydrogen-bond donors (Lipinski definition) is 1. The molecule has 1 aliphatic rings. The quantitative estimate of drug-likeness (QED) is 0.898. The first-order chi connectivity index (χ1) is 10.1. The highest BCUT2D eigenvalue weighted by atomic mass is 19.1. The van der Waals surface area contributed by atoms with E-state index in [-0.39, 0.29) is 17.6 Å². The lowest BCUT2D eigenvalue weighted by Gasteiger charge is -2.36. The molecule has 4 nitrogen and oxygen atoms in total. The molecule has 1 N–H and O–H groups in total. The molecule has 1 heterocycles. The highest BCUT2D eigenvalue weighted by Gasteiger charge is 2.19. The van der Waals surface area contributed by atoms with E-state index in [2.05, 4.69) is 15.1 Å². The van der Waals surface area contributed by atoms with E-state index in [1.807, 2.05) is 26.0 Å². The third-order valence-electron chi connectivity index (χ3n) is 3.82. The van der Waals surface area contributed by atoms with E-state index in [4.69, 9.17) is 0 Å². The fourth-order valence-electron chi connectivity index (χ4n) is 2.46. The number of amides is 1. The molecule has 21 heavy (non-hydrogen) atoms. The average Bonchev–Trinajstić information content (AvgIpc) is 2.48. The second kappa shape index (κ2) is 7.41. The standard InChI is InChI=1S/C16H24FN3O/c1-13(2)16(21)18-7-8-19-9-11-20(12-10-19)15-6-4-3-5-14(15)17/h3-6,13H,7-12H2,1-2H3,(H,18,21). The number of piperazine rings is 1. The van der Waals surface area contributed by atoms with Crippen LogP contribution in [0.3, 0.4) is 0 Å². The summed E-state index contributed by atoms with van der Waals surface area (Å²) in [6.45, 7) is 8.74. The Morgan fingerprint density at radius 3 is 2.52 bits per heavy atom. The van der Waals surface area contributed by atoms with Crippen LogP contribution in [-0.4, -0.2) is 50.1 Å². The minimum atomic E-state index is -0.157. The van der Waals surface area contributed by atoms with Gasteiger partial charge in [-0.25, -0.2) is 4.39 Å². The van der Waals surface area contributed by atoms with Gasteiger partial charge in [0.05, 0.1) is 5.69 Å². The summed E-state index contributed by atoms with van der Waals surface area (Å²) in [5.41, 5.74) is 0.685. The van der Waals surface area contributed by atoms with E-state index in [0.717, 1.165) is 32.7 Å². The molecule has 1 saturated heterocycles. The molecule has 0 aromatic heterocycles. The van der Waals surface area contributed by atoms with Crippen LogP contribution in [0.1, 0.15) is 13.8 Å². The van der Waals surface area contributed by atoms with Crippen LogP contribution in [0.25, 0.3) is 0 Å². The zero-order valence-electron chi connectivity index (χ0n) is 12.8. The molecule has 0 spiro atoms. The summed E-state index contributed by atoms with van der Waals surface area (Å²) in [6.07, 6.45) is 0. The predicted octanol–water partition coefficient (Wildman–Crippen LogP) is 1.72. The van der Waals surface area contributed by atoms with Gasteiger partial charge in [0, 0.05) is 45.2 Å². The molecule has 1 aromatic rings. The van der Waals surface area contributed by atoms with Crippen molar-refractivity contribution < 1.29 is 9.18 Å². The minimum Gasteiger partial charge on any atom is -0.367 e. The van der Waals surface area contributed by atoms with Crippen molar-refractivity contribution in [2.45, 2.75) is 13.8 Å². The van der Waals surface area contributed by atoms with Crippen molar-refractivity contribution in [1.82, 2.24) is 10.2 Å². The Labute approximate surface area is 125 Å². The van der Waals surface area contributed by atoms with E-state index < -0.39 is 0 Å². The molecule has 1 aromatic carbocycles. The van der Waals surface area contributed by atoms with Crippen molar-refractivity contribution in [3.05, 3.63) is 30.1 Å². The highest BCUT2D eigenvalue weighted by Crippen LogP contribution is 2.19. The van der Waals surface area contributed by atoms with Gasteiger partial charge in [-0.15, -0.1) is 0 Å². The molecule has 0 saturated carbocycles. The van der Waals surface area contributed by atoms with Crippen LogP contribution in [0.2, 0.25) is 0 Å². The maximum atomic E-state index is 13.7. The molecule has 0 unspecified atom stereocenters. The van der Waals surface area contributed by atoms with Crippen molar-refractivity contribution >= 4 is 11.6 Å². The topological polar surface area (TPSA) is 35.6 Å². The molecule has 0 bridgehead atoms. The molecule has 1 fully saturated rings. The number of carbonyl (C=O) groups is 1. The normalized spacial score (nSPS) is 16.3. The third-order valence-corrected chi connectivity index (χ3v) is 3.82. The van der Waals surface area contributed by atoms with Gasteiger partial charge in [0.15, 0.2) is 0 Å². The number of halogens is 1. The molecule has 0 radical (unpaired) electrons. The van der Waals surface area contributed by atoms with E-state index >= 15 is 0 Å². The van der Waals surface area contributed by atoms with Crippen LogP contribution in [0.5, 0.6) is 0 Å². The Morgan fingerprint density at radius 2 is 1.90 bits per heavy atom. The summed E-state index contributed by atoms with van der Waals surface area (Å²) in [5.74, 6) is -0.0296. The lowest BCUT2D eigenvalue weighted by molar-refractivity contribution is -0.124. The first-order valence-electron chi connectivity index (χ1n) is 7.57. The van der Waals surface area contributed by atoms with Gasteiger partial charge < -0.3 is 10.2 Å². The summed E-state index contributed by atoms with van der Waals surface area (Å²) in [7, 11) is 0. The van der Waals surface area contributed by atoms with Gasteiger partial charge >= 0.3 is 0 Å². The zero-order valence-corrected chi connectivity index (χ0v) is 12.8. The Hall–Kier alpha value is -1.62. The fraction of sp³-hybridized carbons (Fsp3) is 0.562. The van der Waals surface area contributed by atoms with Gasteiger partial charge in [-0.1, -0.05) is 26.0 Å². The number of nitrogens with zero attached hydrogens (tertiary/aromatic N) is 2. The van der Waals surface area contributed by atoms with Crippen LogP contribution in [0.4, 0.5) is 10.1 Å². The Balaban J connectivity index is 1.74. The maximum absolute atomic E-state index is 13.7. The smallest absolute Gasteiger partial charge is 0.222 e. The summed E-state index contributed by atoms with van der Waals surface area (Å²) in [4.78, 5) is 15.9. The van der Waals surface area contributed by atoms with Crippen LogP contribution in [0, 0.1) is 11.7 Å². The number of benzene rings is 1. The molecule has 5 heteroatoms. The maximum Gasteiger partial charge on any atom is 0.222 e. The molecule has 2 rings (SSSR count). The van der Waals surface area contributed by atoms with Crippen molar-refractivity contribution in [2.24, 2.45) is 5.92 Å². The third kappa shape index (κ3) is 4.43. The largest absolute Gasteiger partial charge is 0.367 e. The SMILES string of the molecule is CC(C)C(=O)NCCN1CCN(c2ccccc2F)CC1. The number of rotatable bonds is 5. The fourth-order valence-corrected chi connectivity index (χ4v) is 2.46. The van der Waals surface area contributed by atoms with E-state index in [1.165, 1.54) is 6.07 Å². The monoisotopic (exact) mass is 293 g/mol. The molecule has 1 amide bonds. The van der Waals surface area contributed by atoms with Crippen molar-refractivity contribution in [2.75, 3.05) is 44.2 Å². The minimum absolute atomic E-state index is 0.0305. The summed E-state index contributed by atoms with van der Waals surface area (Å²) in [6, 6.07) is 6.91. The van der Waals surface area contributed by atoms with Crippen molar-refractivity contribution in [3.63, 3.8) is 0 Å². The predicted molar refractivity (Wildman–Crippen MR) is 82.9 cm³/mol. The van der Waals surface area contributed by atoms with E-state index in [1.54, 1.807) is 6.07 Å². The lowest BCUT2D eigenvalue weighted by Crippen LogP contribution is -2.48. The van der Waals surface area contributed by atoms with Crippen LogP contribution in [-0.2, 0) is 4.79 Å². The lowest BCUT2D eigenvalue weighted by atomic mass is 10.2. The molecule has 1 aliphatic heterocycles. The summed E-state index contributed by atoms with van der Waals surface area (Å²) in [5, 5.41) is 2.93. The van der Waals surface area contributed by atoms with Gasteiger partial charge in [0.25, 0.3) is 0 Å². The molecule has 0 aliphatic carbocycles. The van der Waals surface area contributed by atoms with E-state index in [0.29, 0.717) is 12.2 Å². The molecule has 0 atom stereocenters. The number of hydrogen-bond acceptors (Lipinski definition) is 3. The molecule has 116 valence electrons. The number of carbonyl (C=O) groups excluding carboxylic acids is 1. The summed E-state index contributed by atoms with van der Waals surface area (Å²) < 4.78 is 13.7. The first kappa shape index (κ1) is 15.8. The van der Waals surface area contributed by atoms with Crippen LogP contribution >= 0.6 is 0 Å². The van der Waals surface area contributed by atoms with Gasteiger partial charge in [-0.2, -0.15) is 0 Å². The Bertz CT molecular complexity index is 470. The number of nitrogens with one attached hydrogen (secondary N) is 1. The summed E-state index contributed by atoms with van der Waals surface area (Å²) >= 11 is 0. The second-order valence-electron chi connectivity index (χ2n) is 5.73. The Morgan fingerprint density at radius 1 is 1.24 bits per heavy atom. The average molecular weight is 293 g/mol. The highest BCUT2D eigenvalue weighted by molar-refractivity contribution is 5.77. The number of para-hydroxylation sites is 1. The number of anilines is 1. The first-order valence-corrected chi connectivity index (χ1v) is 7.57. The van der Waals surface area contributed by atoms with Gasteiger partial charge in [0.1, 0.15) is 5.82 Å². The van der Waals surface area contributed by atoms with Crippen molar-refractivity contribution in [3.8, 4) is 0 Å². The van der Waals surface area contributed by atoms with Gasteiger partial charge in [-0.05, 0) is 12.1 Å². The Kier molecular flexibility index (Phi) is 5.56. The van der Waals surface area contributed by atoms with Gasteiger partial charge in [-0.3, -0.25) is 9.69 Å². The second-order valence-corrected chi connectivity index (χ2v) is 5.73. The molecular formula is C16H24FN3O. The van der Waals surface area contributed by atoms with Crippen LogP contribution < -0.4 is 10.2 Å². The van der Waals surface area contributed by atoms with E-state index in [9.17, 15) is 9.18 Å². The molecular weight excluding hydrogens is 269 g/mol. The van der Waals surface area contributed by atoms with Gasteiger partial charge in [0.2, 0.25) is 5.91 Å². The van der Waals surface area contributed by atoms with Crippen LogP contribution in [0.15, 0.2) is 24.3 Å².